The molecular formula is C21H24N6O3S. The van der Waals surface area contributed by atoms with E-state index in [0.717, 1.165) is 24.6 Å². The summed E-state index contributed by atoms with van der Waals surface area (Å²) in [6.45, 7) is 3.36. The maximum absolute atomic E-state index is 12.4. The third-order valence-electron chi connectivity index (χ3n) is 4.94. The van der Waals surface area contributed by atoms with E-state index in [9.17, 15) is 9.59 Å². The Morgan fingerprint density at radius 1 is 1.10 bits per heavy atom. The van der Waals surface area contributed by atoms with Gasteiger partial charge in [0.15, 0.2) is 5.16 Å². The molecule has 2 amide bonds. The number of aromatic nitrogens is 4. The van der Waals surface area contributed by atoms with Gasteiger partial charge in [0.05, 0.1) is 25.5 Å². The average Bonchev–Trinajstić information content (AvgIpc) is 3.39. The molecule has 4 rings (SSSR count). The van der Waals surface area contributed by atoms with E-state index < -0.39 is 5.91 Å². The van der Waals surface area contributed by atoms with Crippen LogP contribution in [0.15, 0.2) is 53.8 Å². The zero-order chi connectivity index (χ0) is 21.6. The molecule has 0 unspecified atom stereocenters. The maximum Gasteiger partial charge on any atom is 0.274 e. The predicted molar refractivity (Wildman–Crippen MR) is 117 cm³/mol. The minimum absolute atomic E-state index is 0.0617. The molecule has 3 aromatic rings. The average molecular weight is 441 g/mol. The fourth-order valence-electron chi connectivity index (χ4n) is 3.34. The number of hydrogen-bond acceptors (Lipinski definition) is 7. The van der Waals surface area contributed by atoms with Crippen molar-refractivity contribution in [1.82, 2.24) is 24.6 Å². The minimum atomic E-state index is -0.419. The van der Waals surface area contributed by atoms with Gasteiger partial charge in [-0.15, -0.1) is 10.2 Å². The number of nitrogens with zero attached hydrogens (tertiary/aromatic N) is 5. The molecule has 9 nitrogen and oxygen atoms in total. The van der Waals surface area contributed by atoms with Gasteiger partial charge in [0.1, 0.15) is 5.69 Å². The van der Waals surface area contributed by atoms with Crippen LogP contribution in [-0.4, -0.2) is 63.2 Å². The first kappa shape index (κ1) is 21.1. The van der Waals surface area contributed by atoms with Crippen molar-refractivity contribution in [2.24, 2.45) is 7.05 Å². The van der Waals surface area contributed by atoms with Gasteiger partial charge in [-0.2, -0.15) is 0 Å². The first-order valence-corrected chi connectivity index (χ1v) is 11.0. The molecule has 162 valence electrons. The lowest BCUT2D eigenvalue weighted by atomic mass is 10.2. The molecule has 1 fully saturated rings. The van der Waals surface area contributed by atoms with Crippen LogP contribution in [0.3, 0.4) is 0 Å². The van der Waals surface area contributed by atoms with Crippen molar-refractivity contribution in [1.29, 1.82) is 0 Å². The molecule has 0 aliphatic carbocycles. The SMILES string of the molecule is Cn1cccc1C(=O)NC(=O)CSc1nnc(N2CCOCC2)n1Cc1ccccc1. The number of nitrogens with one attached hydrogen (secondary N) is 1. The molecule has 0 saturated carbocycles. The summed E-state index contributed by atoms with van der Waals surface area (Å²) >= 11 is 1.26. The third kappa shape index (κ3) is 5.15. The Hall–Kier alpha value is -3.11. The molecule has 1 N–H and O–H groups in total. The number of hydrogen-bond donors (Lipinski definition) is 1. The zero-order valence-corrected chi connectivity index (χ0v) is 18.0. The summed E-state index contributed by atoms with van der Waals surface area (Å²) in [6.07, 6.45) is 1.76. The highest BCUT2D eigenvalue weighted by molar-refractivity contribution is 7.99. The Bertz CT molecular complexity index is 1040. The predicted octanol–water partition coefficient (Wildman–Crippen LogP) is 1.55. The first-order valence-electron chi connectivity index (χ1n) is 10.00. The van der Waals surface area contributed by atoms with Crippen LogP contribution in [0.2, 0.25) is 0 Å². The van der Waals surface area contributed by atoms with E-state index in [4.69, 9.17) is 4.74 Å². The number of ether oxygens (including phenoxy) is 1. The van der Waals surface area contributed by atoms with Crippen LogP contribution in [0.1, 0.15) is 16.1 Å². The van der Waals surface area contributed by atoms with Gasteiger partial charge in [-0.25, -0.2) is 0 Å². The van der Waals surface area contributed by atoms with Crippen LogP contribution in [0, 0.1) is 0 Å². The summed E-state index contributed by atoms with van der Waals surface area (Å²) in [5.41, 5.74) is 1.54. The Balaban J connectivity index is 1.46. The lowest BCUT2D eigenvalue weighted by Gasteiger charge is -2.28. The molecule has 0 spiro atoms. The number of carbonyl (C=O) groups is 2. The van der Waals surface area contributed by atoms with E-state index in [1.807, 2.05) is 34.9 Å². The minimum Gasteiger partial charge on any atom is -0.378 e. The van der Waals surface area contributed by atoms with Crippen LogP contribution in [0.4, 0.5) is 5.95 Å². The molecule has 2 aromatic heterocycles. The normalized spacial score (nSPS) is 13.9. The molecule has 1 aliphatic heterocycles. The molecule has 3 heterocycles. The van der Waals surface area contributed by atoms with Gasteiger partial charge in [0, 0.05) is 26.3 Å². The molecule has 10 heteroatoms. The monoisotopic (exact) mass is 440 g/mol. The van der Waals surface area contributed by atoms with Crippen molar-refractivity contribution in [2.75, 3.05) is 37.0 Å². The zero-order valence-electron chi connectivity index (χ0n) is 17.2. The summed E-state index contributed by atoms with van der Waals surface area (Å²) in [4.78, 5) is 26.8. The third-order valence-corrected chi connectivity index (χ3v) is 5.90. The molecule has 1 aromatic carbocycles. The number of carbonyl (C=O) groups excluding carboxylic acids is 2. The molecule has 0 bridgehead atoms. The van der Waals surface area contributed by atoms with Crippen LogP contribution in [0.25, 0.3) is 0 Å². The van der Waals surface area contributed by atoms with E-state index >= 15 is 0 Å². The van der Waals surface area contributed by atoms with Gasteiger partial charge < -0.3 is 14.2 Å². The lowest BCUT2D eigenvalue weighted by molar-refractivity contribution is -0.117. The second-order valence-electron chi connectivity index (χ2n) is 7.12. The van der Waals surface area contributed by atoms with Crippen molar-refractivity contribution in [3.05, 3.63) is 59.9 Å². The van der Waals surface area contributed by atoms with E-state index in [1.165, 1.54) is 11.8 Å². The standard InChI is InChI=1S/C21H24N6O3S/c1-25-9-5-8-17(25)19(29)22-18(28)15-31-21-24-23-20(26-10-12-30-13-11-26)27(21)14-16-6-3-2-4-7-16/h2-9H,10-15H2,1H3,(H,22,28,29). The summed E-state index contributed by atoms with van der Waals surface area (Å²) in [5, 5.41) is 11.8. The number of morpholine rings is 1. The summed E-state index contributed by atoms with van der Waals surface area (Å²) in [5.74, 6) is 0.0258. The van der Waals surface area contributed by atoms with Gasteiger partial charge in [0.2, 0.25) is 11.9 Å². The van der Waals surface area contributed by atoms with Gasteiger partial charge in [-0.3, -0.25) is 19.5 Å². The maximum atomic E-state index is 12.4. The largest absolute Gasteiger partial charge is 0.378 e. The van der Waals surface area contributed by atoms with Crippen molar-refractivity contribution >= 4 is 29.5 Å². The fourth-order valence-corrected chi connectivity index (χ4v) is 4.08. The first-order chi connectivity index (χ1) is 15.1. The Morgan fingerprint density at radius 3 is 2.58 bits per heavy atom. The van der Waals surface area contributed by atoms with Gasteiger partial charge in [-0.05, 0) is 17.7 Å². The highest BCUT2D eigenvalue weighted by Crippen LogP contribution is 2.24. The molecule has 0 atom stereocenters. The van der Waals surface area contributed by atoms with E-state index in [0.29, 0.717) is 30.6 Å². The molecule has 1 saturated heterocycles. The summed E-state index contributed by atoms with van der Waals surface area (Å²) < 4.78 is 9.13. The van der Waals surface area contributed by atoms with E-state index in [-0.39, 0.29) is 11.7 Å². The summed E-state index contributed by atoms with van der Waals surface area (Å²) in [7, 11) is 1.76. The number of thioether (sulfide) groups is 1. The van der Waals surface area contributed by atoms with Gasteiger partial charge in [-0.1, -0.05) is 42.1 Å². The van der Waals surface area contributed by atoms with Crippen molar-refractivity contribution < 1.29 is 14.3 Å². The van der Waals surface area contributed by atoms with Crippen LogP contribution >= 0.6 is 11.8 Å². The van der Waals surface area contributed by atoms with Crippen LogP contribution in [0.5, 0.6) is 0 Å². The number of amides is 2. The molecule has 1 aliphatic rings. The van der Waals surface area contributed by atoms with Gasteiger partial charge >= 0.3 is 0 Å². The Labute approximate surface area is 184 Å². The number of benzene rings is 1. The smallest absolute Gasteiger partial charge is 0.274 e. The Kier molecular flexibility index (Phi) is 6.68. The number of rotatable bonds is 7. The molecular weight excluding hydrogens is 416 g/mol. The quantitative estimate of drug-likeness (QED) is 0.557. The summed E-state index contributed by atoms with van der Waals surface area (Å²) in [6, 6.07) is 13.5. The molecule has 31 heavy (non-hydrogen) atoms. The van der Waals surface area contributed by atoms with Crippen LogP contribution in [-0.2, 0) is 23.1 Å². The number of imide groups is 1. The lowest BCUT2D eigenvalue weighted by Crippen LogP contribution is -2.38. The van der Waals surface area contributed by atoms with E-state index in [1.54, 1.807) is 29.9 Å². The highest BCUT2D eigenvalue weighted by Gasteiger charge is 2.22. The van der Waals surface area contributed by atoms with Crippen molar-refractivity contribution in [3.63, 3.8) is 0 Å². The van der Waals surface area contributed by atoms with Gasteiger partial charge in [0.25, 0.3) is 5.91 Å². The second kappa shape index (κ2) is 9.80. The number of aryl methyl sites for hydroxylation is 1. The van der Waals surface area contributed by atoms with E-state index in [2.05, 4.69) is 20.4 Å². The van der Waals surface area contributed by atoms with Crippen molar-refractivity contribution in [2.45, 2.75) is 11.7 Å². The second-order valence-corrected chi connectivity index (χ2v) is 8.07. The van der Waals surface area contributed by atoms with Crippen molar-refractivity contribution in [3.8, 4) is 0 Å². The highest BCUT2D eigenvalue weighted by atomic mass is 32.2. The topological polar surface area (TPSA) is 94.3 Å². The number of anilines is 1. The van der Waals surface area contributed by atoms with Crippen LogP contribution < -0.4 is 10.2 Å². The molecule has 0 radical (unpaired) electrons. The fraction of sp³-hybridized carbons (Fsp3) is 0.333. The Morgan fingerprint density at radius 2 is 1.87 bits per heavy atom.